The Hall–Kier alpha value is -2.24. The van der Waals surface area contributed by atoms with Crippen LogP contribution in [0.15, 0.2) is 30.3 Å². The normalized spacial score (nSPS) is 23.4. The molecule has 1 saturated heterocycles. The maximum Gasteiger partial charge on any atom is 0.411 e. The molecule has 6 heteroatoms. The van der Waals surface area contributed by atoms with E-state index < -0.39 is 28.2 Å². The monoisotopic (exact) mass is 502 g/mol. The second kappa shape index (κ2) is 9.90. The summed E-state index contributed by atoms with van der Waals surface area (Å²) in [5.74, 6) is -0.536. The third kappa shape index (κ3) is 6.36. The highest BCUT2D eigenvalue weighted by molar-refractivity contribution is 5.89. The summed E-state index contributed by atoms with van der Waals surface area (Å²) in [5.41, 5.74) is -2.43. The number of esters is 1. The number of carbonyl (C=O) groups excluding carboxylic acids is 2. The Labute approximate surface area is 219 Å². The van der Waals surface area contributed by atoms with E-state index >= 15 is 0 Å². The van der Waals surface area contributed by atoms with Crippen molar-refractivity contribution in [2.45, 2.75) is 99.8 Å². The lowest BCUT2D eigenvalue weighted by Crippen LogP contribution is -2.67. The molecule has 1 fully saturated rings. The molecule has 0 bridgehead atoms. The highest BCUT2D eigenvalue weighted by Gasteiger charge is 2.70. The quantitative estimate of drug-likeness (QED) is 0.425. The lowest BCUT2D eigenvalue weighted by Gasteiger charge is -2.53. The Morgan fingerprint density at radius 1 is 0.889 bits per heavy atom. The molecule has 6 nitrogen and oxygen atoms in total. The van der Waals surface area contributed by atoms with Crippen LogP contribution in [0.25, 0.3) is 0 Å². The van der Waals surface area contributed by atoms with Gasteiger partial charge in [-0.2, -0.15) is 0 Å². The van der Waals surface area contributed by atoms with Crippen LogP contribution >= 0.6 is 0 Å². The number of rotatable bonds is 4. The van der Waals surface area contributed by atoms with E-state index in [-0.39, 0.29) is 23.2 Å². The van der Waals surface area contributed by atoms with Crippen LogP contribution in [0.1, 0.15) is 83.1 Å². The highest BCUT2D eigenvalue weighted by Crippen LogP contribution is 2.57. The van der Waals surface area contributed by atoms with Gasteiger partial charge in [-0.25, -0.2) is 9.59 Å². The van der Waals surface area contributed by atoms with Crippen molar-refractivity contribution < 1.29 is 19.1 Å². The van der Waals surface area contributed by atoms with Crippen molar-refractivity contribution in [1.29, 1.82) is 0 Å². The van der Waals surface area contributed by atoms with Crippen molar-refractivity contribution in [2.75, 3.05) is 25.0 Å². The summed E-state index contributed by atoms with van der Waals surface area (Å²) in [6.07, 6.45) is -0.470. The standard InChI is InChI=1S/C30H50N2O4/c1-26(2,3)23-21(19-31(13)22-17-15-14-16-18-22)20-32(25(34)36-29(10,11)12)30(23,27(4,5)6)24(33)35-28(7,8)9/h14-18,21,23H,19-20H2,1-13H3/t21-,23?,30-/m1/s1. The number of likely N-dealkylation sites (tertiary alicyclic amines) is 1. The first-order valence-electron chi connectivity index (χ1n) is 13.1. The number of amides is 1. The zero-order chi connectivity index (χ0) is 27.9. The van der Waals surface area contributed by atoms with Gasteiger partial charge in [0.25, 0.3) is 0 Å². The van der Waals surface area contributed by atoms with Gasteiger partial charge in [-0.15, -0.1) is 0 Å². The third-order valence-corrected chi connectivity index (χ3v) is 6.87. The third-order valence-electron chi connectivity index (χ3n) is 6.87. The van der Waals surface area contributed by atoms with Gasteiger partial charge in [0.1, 0.15) is 11.2 Å². The van der Waals surface area contributed by atoms with E-state index in [2.05, 4.69) is 44.9 Å². The summed E-state index contributed by atoms with van der Waals surface area (Å²) in [6, 6.07) is 10.2. The molecule has 1 aromatic carbocycles. The van der Waals surface area contributed by atoms with E-state index in [4.69, 9.17) is 9.47 Å². The number of para-hydroxylation sites is 1. The molecule has 0 radical (unpaired) electrons. The Balaban J connectivity index is 2.75. The Kier molecular flexibility index (Phi) is 8.25. The van der Waals surface area contributed by atoms with Gasteiger partial charge in [0.05, 0.1) is 0 Å². The average Bonchev–Trinajstić information content (AvgIpc) is 3.02. The molecule has 0 aliphatic carbocycles. The summed E-state index contributed by atoms with van der Waals surface area (Å²) >= 11 is 0. The van der Waals surface area contributed by atoms with Crippen molar-refractivity contribution in [3.05, 3.63) is 30.3 Å². The topological polar surface area (TPSA) is 59.1 Å². The van der Waals surface area contributed by atoms with Crippen LogP contribution in [-0.2, 0) is 14.3 Å². The molecular weight excluding hydrogens is 452 g/mol. The van der Waals surface area contributed by atoms with Gasteiger partial charge >= 0.3 is 12.1 Å². The molecule has 3 atom stereocenters. The number of nitrogens with zero attached hydrogens (tertiary/aromatic N) is 2. The first-order valence-corrected chi connectivity index (χ1v) is 13.1. The Bertz CT molecular complexity index is 915. The molecule has 1 amide bonds. The van der Waals surface area contributed by atoms with Crippen molar-refractivity contribution >= 4 is 17.7 Å². The number of anilines is 1. The number of carbonyl (C=O) groups is 2. The predicted octanol–water partition coefficient (Wildman–Crippen LogP) is 6.78. The maximum atomic E-state index is 14.4. The van der Waals surface area contributed by atoms with Crippen molar-refractivity contribution in [3.8, 4) is 0 Å². The first kappa shape index (κ1) is 30.0. The minimum atomic E-state index is -1.22. The molecule has 1 aliphatic heterocycles. The largest absolute Gasteiger partial charge is 0.458 e. The first-order chi connectivity index (χ1) is 16.1. The zero-order valence-corrected chi connectivity index (χ0v) is 25.0. The zero-order valence-electron chi connectivity index (χ0n) is 25.0. The van der Waals surface area contributed by atoms with Crippen LogP contribution in [-0.4, -0.2) is 53.8 Å². The molecule has 204 valence electrons. The van der Waals surface area contributed by atoms with Crippen LogP contribution < -0.4 is 4.90 Å². The molecule has 1 unspecified atom stereocenters. The molecule has 1 aromatic rings. The molecule has 0 N–H and O–H groups in total. The van der Waals surface area contributed by atoms with Crippen molar-refractivity contribution in [3.63, 3.8) is 0 Å². The summed E-state index contributed by atoms with van der Waals surface area (Å²) in [4.78, 5) is 32.1. The van der Waals surface area contributed by atoms with E-state index in [0.717, 1.165) is 5.69 Å². The van der Waals surface area contributed by atoms with Gasteiger partial charge in [0, 0.05) is 37.7 Å². The molecule has 36 heavy (non-hydrogen) atoms. The summed E-state index contributed by atoms with van der Waals surface area (Å²) < 4.78 is 12.0. The molecule has 0 aromatic heterocycles. The van der Waals surface area contributed by atoms with E-state index in [0.29, 0.717) is 13.1 Å². The van der Waals surface area contributed by atoms with Crippen LogP contribution in [0.2, 0.25) is 0 Å². The van der Waals surface area contributed by atoms with Gasteiger partial charge in [-0.3, -0.25) is 4.90 Å². The molecule has 0 saturated carbocycles. The van der Waals surface area contributed by atoms with Gasteiger partial charge in [-0.1, -0.05) is 59.7 Å². The molecule has 1 aliphatic rings. The van der Waals surface area contributed by atoms with Gasteiger partial charge < -0.3 is 14.4 Å². The minimum Gasteiger partial charge on any atom is -0.458 e. The highest BCUT2D eigenvalue weighted by atomic mass is 16.6. The Morgan fingerprint density at radius 2 is 1.39 bits per heavy atom. The summed E-state index contributed by atoms with van der Waals surface area (Å²) in [6.45, 7) is 24.9. The fourth-order valence-electron chi connectivity index (χ4n) is 5.94. The van der Waals surface area contributed by atoms with Crippen LogP contribution in [0, 0.1) is 22.7 Å². The number of hydrogen-bond acceptors (Lipinski definition) is 5. The van der Waals surface area contributed by atoms with Gasteiger partial charge in [0.15, 0.2) is 5.54 Å². The van der Waals surface area contributed by atoms with E-state index in [1.165, 1.54) is 0 Å². The van der Waals surface area contributed by atoms with E-state index in [1.807, 2.05) is 80.5 Å². The fraction of sp³-hybridized carbons (Fsp3) is 0.733. The second-order valence-corrected chi connectivity index (χ2v) is 14.4. The van der Waals surface area contributed by atoms with Gasteiger partial charge in [-0.05, 0) is 64.5 Å². The smallest absolute Gasteiger partial charge is 0.411 e. The molecule has 1 heterocycles. The number of benzene rings is 1. The second-order valence-electron chi connectivity index (χ2n) is 14.4. The van der Waals surface area contributed by atoms with Crippen LogP contribution in [0.5, 0.6) is 0 Å². The minimum absolute atomic E-state index is 0.00877. The summed E-state index contributed by atoms with van der Waals surface area (Å²) in [5, 5.41) is 0. The fourth-order valence-corrected chi connectivity index (χ4v) is 5.94. The number of ether oxygens (including phenoxy) is 2. The number of hydrogen-bond donors (Lipinski definition) is 0. The van der Waals surface area contributed by atoms with Gasteiger partial charge in [0.2, 0.25) is 0 Å². The maximum absolute atomic E-state index is 14.4. The predicted molar refractivity (Wildman–Crippen MR) is 147 cm³/mol. The van der Waals surface area contributed by atoms with E-state index in [1.54, 1.807) is 4.90 Å². The molecule has 2 rings (SSSR count). The van der Waals surface area contributed by atoms with Crippen molar-refractivity contribution in [2.24, 2.45) is 22.7 Å². The average molecular weight is 503 g/mol. The lowest BCUT2D eigenvalue weighted by molar-refractivity contribution is -0.183. The lowest BCUT2D eigenvalue weighted by atomic mass is 9.57. The Morgan fingerprint density at radius 3 is 1.81 bits per heavy atom. The summed E-state index contributed by atoms with van der Waals surface area (Å²) in [7, 11) is 2.07. The van der Waals surface area contributed by atoms with Crippen LogP contribution in [0.3, 0.4) is 0 Å². The van der Waals surface area contributed by atoms with Crippen LogP contribution in [0.4, 0.5) is 10.5 Å². The molecule has 0 spiro atoms. The SMILES string of the molecule is CN(C[C@@H]1CN(C(=O)OC(C)(C)C)[C@](C(=O)OC(C)(C)C)(C(C)(C)C)C1C(C)(C)C)c1ccccc1. The van der Waals surface area contributed by atoms with Crippen molar-refractivity contribution in [1.82, 2.24) is 4.90 Å². The molecular formula is C30H50N2O4. The van der Waals surface area contributed by atoms with E-state index in [9.17, 15) is 9.59 Å².